The molecule has 4 rings (SSSR count). The molecule has 3 heterocycles. The summed E-state index contributed by atoms with van der Waals surface area (Å²) in [4.78, 5) is 9.33. The average molecular weight is 394 g/mol. The molecular weight excluding hydrogens is 366 g/mol. The van der Waals surface area contributed by atoms with Gasteiger partial charge in [0.25, 0.3) is 0 Å². The quantitative estimate of drug-likeness (QED) is 0.825. The molecule has 2 unspecified atom stereocenters. The van der Waals surface area contributed by atoms with Crippen LogP contribution < -0.4 is 5.32 Å². The van der Waals surface area contributed by atoms with Gasteiger partial charge >= 0.3 is 0 Å². The Hall–Kier alpha value is -1.51. The lowest BCUT2D eigenvalue weighted by Gasteiger charge is -2.32. The van der Waals surface area contributed by atoms with Crippen LogP contribution in [0, 0.1) is 0 Å². The molecule has 1 N–H and O–H groups in total. The maximum Gasteiger partial charge on any atom is 0.229 e. The van der Waals surface area contributed by atoms with Gasteiger partial charge in [-0.3, -0.25) is 9.80 Å². The third kappa shape index (κ3) is 5.27. The summed E-state index contributed by atoms with van der Waals surface area (Å²) < 4.78 is 11.4. The first-order valence-corrected chi connectivity index (χ1v) is 9.39. The summed E-state index contributed by atoms with van der Waals surface area (Å²) in [7, 11) is 2.10. The summed E-state index contributed by atoms with van der Waals surface area (Å²) in [5, 5.41) is 7.59. The van der Waals surface area contributed by atoms with E-state index >= 15 is 0 Å². The summed E-state index contributed by atoms with van der Waals surface area (Å²) in [6.07, 6.45) is 0.769. The van der Waals surface area contributed by atoms with E-state index in [9.17, 15) is 0 Å². The van der Waals surface area contributed by atoms with Crippen LogP contribution in [-0.4, -0.2) is 72.4 Å². The van der Waals surface area contributed by atoms with Gasteiger partial charge in [0.2, 0.25) is 5.89 Å². The molecule has 7 nitrogen and oxygen atoms in total. The highest BCUT2D eigenvalue weighted by molar-refractivity contribution is 5.85. The van der Waals surface area contributed by atoms with Gasteiger partial charge in [0.1, 0.15) is 0 Å². The molecule has 0 radical (unpaired) electrons. The van der Waals surface area contributed by atoms with Crippen molar-refractivity contribution in [3.05, 3.63) is 47.6 Å². The monoisotopic (exact) mass is 393 g/mol. The Morgan fingerprint density at radius 1 is 1.22 bits per heavy atom. The third-order valence-electron chi connectivity index (χ3n) is 5.17. The summed E-state index contributed by atoms with van der Waals surface area (Å²) in [6, 6.07) is 10.8. The van der Waals surface area contributed by atoms with Crippen molar-refractivity contribution in [1.82, 2.24) is 25.3 Å². The molecule has 0 amide bonds. The molecule has 0 saturated carbocycles. The number of aromatic nitrogens is 2. The second kappa shape index (κ2) is 9.61. The van der Waals surface area contributed by atoms with Crippen LogP contribution in [0.4, 0.5) is 0 Å². The van der Waals surface area contributed by atoms with Gasteiger partial charge in [-0.2, -0.15) is 4.98 Å². The number of hydrogen-bond acceptors (Lipinski definition) is 7. The van der Waals surface area contributed by atoms with Crippen molar-refractivity contribution in [3.8, 4) is 0 Å². The smallest absolute Gasteiger partial charge is 0.229 e. The standard InChI is InChI=1S/C19H27N5O2.ClH/c1-23-8-7-20-12-17(23)19-21-18(26-22-19)11-16-14-24(9-10-25-16)13-15-5-3-2-4-6-15;/h2-6,16-17,20H,7-14H2,1H3;1H. The van der Waals surface area contributed by atoms with Crippen LogP contribution in [0.25, 0.3) is 0 Å². The van der Waals surface area contributed by atoms with E-state index in [1.165, 1.54) is 5.56 Å². The molecule has 2 aliphatic heterocycles. The van der Waals surface area contributed by atoms with Crippen molar-refractivity contribution >= 4 is 12.4 Å². The zero-order valence-corrected chi connectivity index (χ0v) is 16.5. The molecule has 1 aromatic heterocycles. The van der Waals surface area contributed by atoms with Crippen molar-refractivity contribution in [2.45, 2.75) is 25.1 Å². The Kier molecular flexibility index (Phi) is 7.20. The molecule has 27 heavy (non-hydrogen) atoms. The Balaban J connectivity index is 0.00000210. The van der Waals surface area contributed by atoms with Crippen molar-refractivity contribution in [2.75, 3.05) is 46.4 Å². The maximum absolute atomic E-state index is 5.93. The lowest BCUT2D eigenvalue weighted by atomic mass is 10.1. The van der Waals surface area contributed by atoms with Gasteiger partial charge in [-0.15, -0.1) is 12.4 Å². The minimum absolute atomic E-state index is 0. The van der Waals surface area contributed by atoms with Crippen molar-refractivity contribution in [1.29, 1.82) is 0 Å². The predicted octanol–water partition coefficient (Wildman–Crippen LogP) is 1.51. The van der Waals surface area contributed by atoms with Crippen LogP contribution in [0.3, 0.4) is 0 Å². The predicted molar refractivity (Wildman–Crippen MR) is 105 cm³/mol. The molecule has 0 bridgehead atoms. The fraction of sp³-hybridized carbons (Fsp3) is 0.579. The first-order valence-electron chi connectivity index (χ1n) is 9.39. The fourth-order valence-electron chi connectivity index (χ4n) is 3.66. The zero-order chi connectivity index (χ0) is 17.8. The SMILES string of the molecule is CN1CCNCC1c1noc(CC2CN(Cc3ccccc3)CCO2)n1.Cl. The number of halogens is 1. The van der Waals surface area contributed by atoms with Gasteiger partial charge in [0.15, 0.2) is 5.82 Å². The van der Waals surface area contributed by atoms with Crippen LogP contribution in [0.15, 0.2) is 34.9 Å². The molecule has 1 aromatic carbocycles. The molecular formula is C19H28ClN5O2. The zero-order valence-electron chi connectivity index (χ0n) is 15.7. The van der Waals surface area contributed by atoms with E-state index in [2.05, 4.69) is 62.6 Å². The van der Waals surface area contributed by atoms with E-state index in [0.29, 0.717) is 12.3 Å². The van der Waals surface area contributed by atoms with Crippen molar-refractivity contribution < 1.29 is 9.26 Å². The molecule has 148 valence electrons. The van der Waals surface area contributed by atoms with E-state index in [0.717, 1.165) is 51.7 Å². The lowest BCUT2D eigenvalue weighted by Crippen LogP contribution is -2.44. The fourth-order valence-corrected chi connectivity index (χ4v) is 3.66. The van der Waals surface area contributed by atoms with E-state index in [4.69, 9.17) is 9.26 Å². The van der Waals surface area contributed by atoms with E-state index in [1.807, 2.05) is 0 Å². The van der Waals surface area contributed by atoms with Crippen molar-refractivity contribution in [3.63, 3.8) is 0 Å². The number of rotatable bonds is 5. The van der Waals surface area contributed by atoms with Crippen LogP contribution in [0.1, 0.15) is 23.3 Å². The minimum Gasteiger partial charge on any atom is -0.375 e. The number of nitrogens with one attached hydrogen (secondary N) is 1. The number of likely N-dealkylation sites (N-methyl/N-ethyl adjacent to an activating group) is 1. The topological polar surface area (TPSA) is 66.7 Å². The second-order valence-electron chi connectivity index (χ2n) is 7.16. The summed E-state index contributed by atoms with van der Waals surface area (Å²) >= 11 is 0. The largest absolute Gasteiger partial charge is 0.375 e. The summed E-state index contributed by atoms with van der Waals surface area (Å²) in [5.41, 5.74) is 1.33. The van der Waals surface area contributed by atoms with Crippen LogP contribution in [0.2, 0.25) is 0 Å². The number of ether oxygens (including phenoxy) is 1. The molecule has 2 atom stereocenters. The maximum atomic E-state index is 5.93. The van der Waals surface area contributed by atoms with Crippen LogP contribution >= 0.6 is 12.4 Å². The average Bonchev–Trinajstić information content (AvgIpc) is 3.11. The number of piperazine rings is 1. The Bertz CT molecular complexity index is 698. The van der Waals surface area contributed by atoms with Gasteiger partial charge in [0.05, 0.1) is 25.2 Å². The van der Waals surface area contributed by atoms with Gasteiger partial charge < -0.3 is 14.6 Å². The number of morpholine rings is 1. The van der Waals surface area contributed by atoms with Gasteiger partial charge in [0, 0.05) is 39.3 Å². The molecule has 2 saturated heterocycles. The second-order valence-corrected chi connectivity index (χ2v) is 7.16. The van der Waals surface area contributed by atoms with Gasteiger partial charge in [-0.25, -0.2) is 0 Å². The minimum atomic E-state index is 0. The van der Waals surface area contributed by atoms with Crippen molar-refractivity contribution in [2.24, 2.45) is 0 Å². The normalized spacial score (nSPS) is 24.5. The molecule has 2 aliphatic rings. The Morgan fingerprint density at radius 3 is 2.89 bits per heavy atom. The van der Waals surface area contributed by atoms with Gasteiger partial charge in [-0.1, -0.05) is 35.5 Å². The third-order valence-corrected chi connectivity index (χ3v) is 5.17. The van der Waals surface area contributed by atoms with Crippen LogP contribution in [-0.2, 0) is 17.7 Å². The summed E-state index contributed by atoms with van der Waals surface area (Å²) in [6.45, 7) is 6.40. The molecule has 0 spiro atoms. The van der Waals surface area contributed by atoms with Crippen LogP contribution in [0.5, 0.6) is 0 Å². The highest BCUT2D eigenvalue weighted by Gasteiger charge is 2.27. The van der Waals surface area contributed by atoms with E-state index in [1.54, 1.807) is 0 Å². The molecule has 2 fully saturated rings. The number of hydrogen-bond donors (Lipinski definition) is 1. The van der Waals surface area contributed by atoms with E-state index < -0.39 is 0 Å². The highest BCUT2D eigenvalue weighted by Crippen LogP contribution is 2.19. The summed E-state index contributed by atoms with van der Waals surface area (Å²) in [5.74, 6) is 1.44. The lowest BCUT2D eigenvalue weighted by molar-refractivity contribution is -0.0335. The Labute approximate surface area is 166 Å². The molecule has 8 heteroatoms. The molecule has 2 aromatic rings. The number of nitrogens with zero attached hydrogens (tertiary/aromatic N) is 4. The highest BCUT2D eigenvalue weighted by atomic mass is 35.5. The first-order chi connectivity index (χ1) is 12.8. The number of benzene rings is 1. The molecule has 0 aliphatic carbocycles. The van der Waals surface area contributed by atoms with E-state index in [-0.39, 0.29) is 24.6 Å². The Morgan fingerprint density at radius 2 is 2.07 bits per heavy atom. The van der Waals surface area contributed by atoms with Gasteiger partial charge in [-0.05, 0) is 12.6 Å². The first kappa shape index (κ1) is 20.2.